The molecule has 8 heteroatoms. The minimum Gasteiger partial charge on any atom is -0.497 e. The molecule has 0 amide bonds. The summed E-state index contributed by atoms with van der Waals surface area (Å²) in [5.41, 5.74) is 2.52. The Morgan fingerprint density at radius 3 is 2.25 bits per heavy atom. The van der Waals surface area contributed by atoms with Crippen LogP contribution in [-0.2, 0) is 6.42 Å². The summed E-state index contributed by atoms with van der Waals surface area (Å²) >= 11 is 0. The highest BCUT2D eigenvalue weighted by Crippen LogP contribution is 2.36. The summed E-state index contributed by atoms with van der Waals surface area (Å²) in [6.07, 6.45) is 0.741. The van der Waals surface area contributed by atoms with Crippen molar-refractivity contribution < 1.29 is 9.84 Å². The Bertz CT molecular complexity index is 1700. The van der Waals surface area contributed by atoms with Crippen LogP contribution in [0.4, 0.5) is 0 Å². The van der Waals surface area contributed by atoms with Gasteiger partial charge in [0.15, 0.2) is 0 Å². The summed E-state index contributed by atoms with van der Waals surface area (Å²) in [6, 6.07) is 22.7. The fraction of sp³-hybridized carbons (Fsp3) is 0.143. The Morgan fingerprint density at radius 2 is 1.58 bits per heavy atom. The summed E-state index contributed by atoms with van der Waals surface area (Å²) in [6.45, 7) is 0.594. The van der Waals surface area contributed by atoms with Crippen LogP contribution in [0.15, 0.2) is 88.5 Å². The molecule has 0 saturated heterocycles. The summed E-state index contributed by atoms with van der Waals surface area (Å²) in [4.78, 5) is 31.0. The fourth-order valence-corrected chi connectivity index (χ4v) is 5.06. The molecule has 0 saturated carbocycles. The maximum absolute atomic E-state index is 13.9. The molecule has 1 atom stereocenters. The molecule has 0 aliphatic carbocycles. The molecule has 0 radical (unpaired) electrons. The van der Waals surface area contributed by atoms with Gasteiger partial charge in [-0.1, -0.05) is 36.4 Å². The molecule has 5 aromatic rings. The Balaban J connectivity index is 1.66. The first-order chi connectivity index (χ1) is 17.6. The minimum absolute atomic E-state index is 0.0989. The van der Waals surface area contributed by atoms with Gasteiger partial charge in [-0.3, -0.25) is 4.79 Å². The van der Waals surface area contributed by atoms with Crippen LogP contribution in [0.3, 0.4) is 0 Å². The average molecular weight is 481 g/mol. The second-order valence-electron chi connectivity index (χ2n) is 8.73. The lowest BCUT2D eigenvalue weighted by Crippen LogP contribution is -2.43. The van der Waals surface area contributed by atoms with Crippen LogP contribution in [0, 0.1) is 0 Å². The number of nitrogens with one attached hydrogen (secondary N) is 2. The first-order valence-corrected chi connectivity index (χ1v) is 11.7. The third kappa shape index (κ3) is 3.34. The first-order valence-electron chi connectivity index (χ1n) is 11.7. The molecule has 0 bridgehead atoms. The van der Waals surface area contributed by atoms with Gasteiger partial charge in [0.2, 0.25) is 5.88 Å². The van der Waals surface area contributed by atoms with Crippen molar-refractivity contribution in [1.82, 2.24) is 19.4 Å². The number of hydrogen-bond acceptors (Lipinski definition) is 5. The number of aromatic nitrogens is 3. The predicted molar refractivity (Wildman–Crippen MR) is 138 cm³/mol. The van der Waals surface area contributed by atoms with E-state index in [0.29, 0.717) is 17.9 Å². The van der Waals surface area contributed by atoms with Gasteiger partial charge < -0.3 is 20.1 Å². The SMILES string of the molecule is COc1ccc2[nH]c3c(c2c1)CCNC3c1c(O)n(-c2ccccc2)c(=O)n(-c2ccccc2)c1=O. The van der Waals surface area contributed by atoms with Crippen molar-refractivity contribution in [3.8, 4) is 23.0 Å². The zero-order valence-corrected chi connectivity index (χ0v) is 19.6. The standard InChI is InChI=1S/C28H24N4O4/c1-36-19-12-13-22-21(16-19)20-14-15-29-25(24(20)30-22)23-26(33)31(17-8-4-2-5-9-17)28(35)32(27(23)34)18-10-6-3-7-11-18/h2-13,16,25,29-30,33H,14-15H2,1H3. The molecule has 180 valence electrons. The van der Waals surface area contributed by atoms with Gasteiger partial charge in [0.25, 0.3) is 5.56 Å². The van der Waals surface area contributed by atoms with Gasteiger partial charge in [0.05, 0.1) is 24.5 Å². The summed E-state index contributed by atoms with van der Waals surface area (Å²) < 4.78 is 7.71. The zero-order valence-electron chi connectivity index (χ0n) is 19.6. The molecule has 1 aliphatic rings. The minimum atomic E-state index is -0.648. The topological polar surface area (TPSA) is 101 Å². The number of para-hydroxylation sites is 2. The normalized spacial score (nSPS) is 15.1. The molecule has 2 aromatic heterocycles. The van der Waals surface area contributed by atoms with Crippen molar-refractivity contribution in [2.75, 3.05) is 13.7 Å². The van der Waals surface area contributed by atoms with E-state index in [4.69, 9.17) is 4.74 Å². The van der Waals surface area contributed by atoms with Crippen LogP contribution < -0.4 is 21.3 Å². The lowest BCUT2D eigenvalue weighted by molar-refractivity contribution is 0.406. The Labute approximate surface area is 206 Å². The average Bonchev–Trinajstić information content (AvgIpc) is 3.28. The quantitative estimate of drug-likeness (QED) is 0.366. The van der Waals surface area contributed by atoms with Gasteiger partial charge in [-0.15, -0.1) is 0 Å². The number of nitrogens with zero attached hydrogens (tertiary/aromatic N) is 2. The maximum Gasteiger partial charge on any atom is 0.343 e. The van der Waals surface area contributed by atoms with Crippen LogP contribution in [0.1, 0.15) is 22.9 Å². The van der Waals surface area contributed by atoms with E-state index in [1.807, 2.05) is 30.3 Å². The van der Waals surface area contributed by atoms with Crippen LogP contribution in [0.2, 0.25) is 0 Å². The number of ether oxygens (including phenoxy) is 1. The highest BCUT2D eigenvalue weighted by molar-refractivity contribution is 5.86. The van der Waals surface area contributed by atoms with E-state index in [2.05, 4.69) is 10.3 Å². The lowest BCUT2D eigenvalue weighted by atomic mass is 9.95. The second kappa shape index (κ2) is 8.58. The molecule has 3 heterocycles. The highest BCUT2D eigenvalue weighted by atomic mass is 16.5. The Morgan fingerprint density at radius 1 is 0.917 bits per heavy atom. The summed E-state index contributed by atoms with van der Waals surface area (Å²) in [5.74, 6) is 0.358. The van der Waals surface area contributed by atoms with Gasteiger partial charge in [-0.05, 0) is 54.4 Å². The second-order valence-corrected chi connectivity index (χ2v) is 8.73. The fourth-order valence-electron chi connectivity index (χ4n) is 5.06. The third-order valence-electron chi connectivity index (χ3n) is 6.74. The summed E-state index contributed by atoms with van der Waals surface area (Å²) in [7, 11) is 1.63. The molecular formula is C28H24N4O4. The molecular weight excluding hydrogens is 456 g/mol. The number of aromatic amines is 1. The first kappa shape index (κ1) is 21.9. The van der Waals surface area contributed by atoms with Crippen LogP contribution in [0.5, 0.6) is 11.6 Å². The van der Waals surface area contributed by atoms with Gasteiger partial charge in [-0.25, -0.2) is 13.9 Å². The summed E-state index contributed by atoms with van der Waals surface area (Å²) in [5, 5.41) is 15.9. The van der Waals surface area contributed by atoms with E-state index in [0.717, 1.165) is 38.9 Å². The molecule has 0 fully saturated rings. The van der Waals surface area contributed by atoms with Crippen molar-refractivity contribution in [1.29, 1.82) is 0 Å². The molecule has 1 aliphatic heterocycles. The van der Waals surface area contributed by atoms with E-state index in [1.165, 1.54) is 4.57 Å². The number of aromatic hydroxyl groups is 1. The number of benzene rings is 3. The molecule has 36 heavy (non-hydrogen) atoms. The van der Waals surface area contributed by atoms with Crippen LogP contribution in [-0.4, -0.2) is 32.9 Å². The van der Waals surface area contributed by atoms with Crippen molar-refractivity contribution in [2.45, 2.75) is 12.5 Å². The predicted octanol–water partition coefficient (Wildman–Crippen LogP) is 3.42. The van der Waals surface area contributed by atoms with Crippen molar-refractivity contribution >= 4 is 10.9 Å². The molecule has 3 N–H and O–H groups in total. The van der Waals surface area contributed by atoms with Crippen LogP contribution in [0.25, 0.3) is 22.3 Å². The van der Waals surface area contributed by atoms with Gasteiger partial charge in [-0.2, -0.15) is 0 Å². The van der Waals surface area contributed by atoms with Crippen molar-refractivity contribution in [3.63, 3.8) is 0 Å². The maximum atomic E-state index is 13.9. The number of hydrogen-bond donors (Lipinski definition) is 3. The molecule has 3 aromatic carbocycles. The van der Waals surface area contributed by atoms with Crippen LogP contribution >= 0.6 is 0 Å². The molecule has 6 rings (SSSR count). The largest absolute Gasteiger partial charge is 0.497 e. The molecule has 8 nitrogen and oxygen atoms in total. The smallest absolute Gasteiger partial charge is 0.343 e. The van der Waals surface area contributed by atoms with E-state index in [1.54, 1.807) is 55.6 Å². The van der Waals surface area contributed by atoms with E-state index >= 15 is 0 Å². The van der Waals surface area contributed by atoms with Gasteiger partial charge >= 0.3 is 5.69 Å². The number of methoxy groups -OCH3 is 1. The van der Waals surface area contributed by atoms with Crippen molar-refractivity contribution in [2.24, 2.45) is 0 Å². The number of fused-ring (bicyclic) bond motifs is 3. The number of rotatable bonds is 4. The third-order valence-corrected chi connectivity index (χ3v) is 6.74. The van der Waals surface area contributed by atoms with E-state index < -0.39 is 17.3 Å². The Hall–Kier alpha value is -4.56. The molecule has 1 unspecified atom stereocenters. The van der Waals surface area contributed by atoms with Crippen molar-refractivity contribution in [3.05, 3.63) is 117 Å². The lowest BCUT2D eigenvalue weighted by Gasteiger charge is -2.26. The van der Waals surface area contributed by atoms with Gasteiger partial charge in [0, 0.05) is 23.1 Å². The van der Waals surface area contributed by atoms with E-state index in [9.17, 15) is 14.7 Å². The van der Waals surface area contributed by atoms with Gasteiger partial charge in [0.1, 0.15) is 11.3 Å². The molecule has 0 spiro atoms. The van der Waals surface area contributed by atoms with E-state index in [-0.39, 0.29) is 11.4 Å². The Kier molecular flexibility index (Phi) is 5.23. The highest BCUT2D eigenvalue weighted by Gasteiger charge is 2.33. The zero-order chi connectivity index (χ0) is 24.8. The monoisotopic (exact) mass is 480 g/mol. The number of H-pyrrole nitrogens is 1.